The van der Waals surface area contributed by atoms with Crippen LogP contribution in [0.1, 0.15) is 38.5 Å². The summed E-state index contributed by atoms with van der Waals surface area (Å²) in [6.45, 7) is 5.50. The third kappa shape index (κ3) is 4.59. The molecule has 1 heterocycles. The number of anilines is 1. The number of nitrogens with one attached hydrogen (secondary N) is 1. The fourth-order valence-corrected chi connectivity index (χ4v) is 3.01. The Morgan fingerprint density at radius 2 is 1.93 bits per heavy atom. The predicted molar refractivity (Wildman–Crippen MR) is 106 cm³/mol. The highest BCUT2D eigenvalue weighted by atomic mass is 35.5. The highest BCUT2D eigenvalue weighted by Gasteiger charge is 2.33. The highest BCUT2D eigenvalue weighted by Crippen LogP contribution is 2.36. The number of aryl methyl sites for hydroxylation is 2. The first kappa shape index (κ1) is 21.7. The van der Waals surface area contributed by atoms with Crippen LogP contribution in [0.5, 0.6) is 5.75 Å². The number of hydrogen-bond acceptors (Lipinski definition) is 4. The van der Waals surface area contributed by atoms with Crippen molar-refractivity contribution < 1.29 is 27.2 Å². The molecule has 5 nitrogen and oxygen atoms in total. The van der Waals surface area contributed by atoms with Crippen molar-refractivity contribution in [2.45, 2.75) is 33.6 Å². The summed E-state index contributed by atoms with van der Waals surface area (Å²) in [4.78, 5) is 12.6. The van der Waals surface area contributed by atoms with Crippen molar-refractivity contribution in [2.75, 3.05) is 5.32 Å². The number of ether oxygens (including phenoxy) is 1. The second kappa shape index (κ2) is 8.39. The average Bonchev–Trinajstić information content (AvgIpc) is 3.04. The van der Waals surface area contributed by atoms with Gasteiger partial charge in [0.05, 0.1) is 16.1 Å². The van der Waals surface area contributed by atoms with E-state index in [9.17, 15) is 18.0 Å². The summed E-state index contributed by atoms with van der Waals surface area (Å²) in [5.74, 6) is 0.300. The van der Waals surface area contributed by atoms with E-state index in [1.165, 1.54) is 6.07 Å². The topological polar surface area (TPSA) is 64.4 Å². The molecule has 0 atom stereocenters. The molecule has 0 saturated heterocycles. The first-order valence-corrected chi connectivity index (χ1v) is 9.28. The van der Waals surface area contributed by atoms with Crippen LogP contribution >= 0.6 is 11.6 Å². The normalized spacial score (nSPS) is 11.4. The van der Waals surface area contributed by atoms with Crippen LogP contribution in [0.3, 0.4) is 0 Å². The van der Waals surface area contributed by atoms with E-state index in [-0.39, 0.29) is 18.0 Å². The van der Waals surface area contributed by atoms with Crippen molar-refractivity contribution in [3.8, 4) is 5.75 Å². The van der Waals surface area contributed by atoms with E-state index in [4.69, 9.17) is 20.9 Å². The molecule has 3 rings (SSSR count). The average molecular weight is 439 g/mol. The summed E-state index contributed by atoms with van der Waals surface area (Å²) < 4.78 is 50.0. The lowest BCUT2D eigenvalue weighted by molar-refractivity contribution is -0.137. The first-order chi connectivity index (χ1) is 14.1. The Balaban J connectivity index is 1.81. The first-order valence-electron chi connectivity index (χ1n) is 8.90. The maximum atomic E-state index is 13.0. The van der Waals surface area contributed by atoms with E-state index in [2.05, 4.69) is 10.5 Å². The molecule has 0 fully saturated rings. The molecule has 30 heavy (non-hydrogen) atoms. The molecule has 0 spiro atoms. The second-order valence-electron chi connectivity index (χ2n) is 6.70. The molecule has 0 saturated carbocycles. The third-order valence-corrected chi connectivity index (χ3v) is 4.99. The third-order valence-electron chi connectivity index (χ3n) is 4.66. The standard InChI is InChI=1S/C21H18ClF3N2O3/c1-11-5-4-6-18(12(11)2)29-10-15-13(3)30-27-19(15)20(28)26-14-7-8-17(22)16(9-14)21(23,24)25/h4-9H,10H2,1-3H3,(H,26,28). The van der Waals surface area contributed by atoms with Gasteiger partial charge in [0.1, 0.15) is 18.1 Å². The zero-order valence-corrected chi connectivity index (χ0v) is 17.1. The van der Waals surface area contributed by atoms with E-state index in [1.807, 2.05) is 26.0 Å². The zero-order valence-electron chi connectivity index (χ0n) is 16.4. The van der Waals surface area contributed by atoms with E-state index in [1.54, 1.807) is 13.0 Å². The van der Waals surface area contributed by atoms with Crippen molar-refractivity contribution >= 4 is 23.2 Å². The summed E-state index contributed by atoms with van der Waals surface area (Å²) >= 11 is 5.61. The van der Waals surface area contributed by atoms with Crippen LogP contribution in [0.15, 0.2) is 40.9 Å². The number of carbonyl (C=O) groups is 1. The van der Waals surface area contributed by atoms with Gasteiger partial charge >= 0.3 is 6.18 Å². The minimum atomic E-state index is -4.65. The number of carbonyl (C=O) groups excluding carboxylic acids is 1. The second-order valence-corrected chi connectivity index (χ2v) is 7.11. The quantitative estimate of drug-likeness (QED) is 0.522. The molecule has 1 aromatic heterocycles. The fourth-order valence-electron chi connectivity index (χ4n) is 2.78. The van der Waals surface area contributed by atoms with Crippen molar-refractivity contribution in [1.29, 1.82) is 0 Å². The van der Waals surface area contributed by atoms with E-state index < -0.39 is 22.7 Å². The van der Waals surface area contributed by atoms with Crippen LogP contribution in [0.4, 0.5) is 18.9 Å². The van der Waals surface area contributed by atoms with Crippen LogP contribution in [-0.2, 0) is 12.8 Å². The van der Waals surface area contributed by atoms with Gasteiger partial charge in [-0.15, -0.1) is 0 Å². The van der Waals surface area contributed by atoms with Gasteiger partial charge in [-0.2, -0.15) is 13.2 Å². The van der Waals surface area contributed by atoms with Gasteiger partial charge in [0.2, 0.25) is 0 Å². The number of aromatic nitrogens is 1. The van der Waals surface area contributed by atoms with E-state index >= 15 is 0 Å². The Labute approximate surface area is 175 Å². The zero-order chi connectivity index (χ0) is 22.1. The van der Waals surface area contributed by atoms with Crippen LogP contribution in [0, 0.1) is 20.8 Å². The van der Waals surface area contributed by atoms with E-state index in [0.717, 1.165) is 23.3 Å². The van der Waals surface area contributed by atoms with Crippen molar-refractivity contribution in [3.63, 3.8) is 0 Å². The van der Waals surface area contributed by atoms with Gasteiger partial charge in [-0.25, -0.2) is 0 Å². The number of benzene rings is 2. The maximum Gasteiger partial charge on any atom is 0.417 e. The lowest BCUT2D eigenvalue weighted by Crippen LogP contribution is -2.16. The largest absolute Gasteiger partial charge is 0.488 e. The lowest BCUT2D eigenvalue weighted by atomic mass is 10.1. The van der Waals surface area contributed by atoms with Crippen molar-refractivity contribution in [1.82, 2.24) is 5.16 Å². The SMILES string of the molecule is Cc1cccc(OCc2c(C(=O)Nc3ccc(Cl)c(C(F)(F)F)c3)noc2C)c1C. The monoisotopic (exact) mass is 438 g/mol. The fraction of sp³-hybridized carbons (Fsp3) is 0.238. The molecule has 0 aliphatic rings. The molecule has 0 bridgehead atoms. The molecule has 1 N–H and O–H groups in total. The van der Waals surface area contributed by atoms with Gasteiger partial charge in [-0.3, -0.25) is 4.79 Å². The minimum Gasteiger partial charge on any atom is -0.488 e. The van der Waals surface area contributed by atoms with Crippen LogP contribution in [0.2, 0.25) is 5.02 Å². The Kier molecular flexibility index (Phi) is 6.07. The number of halogens is 4. The Hall–Kier alpha value is -3.00. The lowest BCUT2D eigenvalue weighted by Gasteiger charge is -2.12. The molecular weight excluding hydrogens is 421 g/mol. The van der Waals surface area contributed by atoms with Gasteiger partial charge in [-0.1, -0.05) is 28.9 Å². The Bertz CT molecular complexity index is 1090. The summed E-state index contributed by atoms with van der Waals surface area (Å²) in [5.41, 5.74) is 1.23. The summed E-state index contributed by atoms with van der Waals surface area (Å²) in [6, 6.07) is 8.71. The van der Waals surface area contributed by atoms with Crippen LogP contribution in [0.25, 0.3) is 0 Å². The molecule has 2 aromatic carbocycles. The molecule has 0 aliphatic carbocycles. The molecule has 1 amide bonds. The van der Waals surface area contributed by atoms with Gasteiger partial charge in [0, 0.05) is 5.69 Å². The molecule has 0 radical (unpaired) electrons. The molecule has 0 aliphatic heterocycles. The molecular formula is C21H18ClF3N2O3. The molecule has 158 valence electrons. The Morgan fingerprint density at radius 3 is 2.63 bits per heavy atom. The Morgan fingerprint density at radius 1 is 1.20 bits per heavy atom. The summed E-state index contributed by atoms with van der Waals surface area (Å²) in [6.07, 6.45) is -4.65. The molecule has 3 aromatic rings. The van der Waals surface area contributed by atoms with Gasteiger partial charge in [-0.05, 0) is 56.2 Å². The maximum absolute atomic E-state index is 13.0. The van der Waals surface area contributed by atoms with Gasteiger partial charge in [0.15, 0.2) is 5.69 Å². The smallest absolute Gasteiger partial charge is 0.417 e. The highest BCUT2D eigenvalue weighted by molar-refractivity contribution is 6.31. The summed E-state index contributed by atoms with van der Waals surface area (Å²) in [7, 11) is 0. The van der Waals surface area contributed by atoms with Crippen LogP contribution < -0.4 is 10.1 Å². The van der Waals surface area contributed by atoms with Gasteiger partial charge < -0.3 is 14.6 Å². The number of hydrogen-bond donors (Lipinski definition) is 1. The number of amides is 1. The van der Waals surface area contributed by atoms with Crippen molar-refractivity contribution in [2.24, 2.45) is 0 Å². The number of nitrogens with zero attached hydrogens (tertiary/aromatic N) is 1. The predicted octanol–water partition coefficient (Wildman–Crippen LogP) is 6.10. The number of alkyl halides is 3. The van der Waals surface area contributed by atoms with Crippen LogP contribution in [-0.4, -0.2) is 11.1 Å². The summed E-state index contributed by atoms with van der Waals surface area (Å²) in [5, 5.41) is 5.67. The van der Waals surface area contributed by atoms with Gasteiger partial charge in [0.25, 0.3) is 5.91 Å². The number of rotatable bonds is 5. The minimum absolute atomic E-state index is 0.0107. The molecule has 0 unspecified atom stereocenters. The van der Waals surface area contributed by atoms with Crippen molar-refractivity contribution in [3.05, 3.63) is 75.1 Å². The van der Waals surface area contributed by atoms with E-state index in [0.29, 0.717) is 17.1 Å². The molecule has 9 heteroatoms.